The van der Waals surface area contributed by atoms with Crippen LogP contribution in [0.2, 0.25) is 10.0 Å². The fourth-order valence-electron chi connectivity index (χ4n) is 1.58. The average molecular weight is 331 g/mol. The maximum absolute atomic E-state index is 13.3. The summed E-state index contributed by atoms with van der Waals surface area (Å²) >= 11 is 11.4. The fourth-order valence-corrected chi connectivity index (χ4v) is 2.12. The van der Waals surface area contributed by atoms with Gasteiger partial charge in [0, 0.05) is 12.0 Å². The van der Waals surface area contributed by atoms with Crippen molar-refractivity contribution in [3.8, 4) is 0 Å². The first-order valence-electron chi connectivity index (χ1n) is 5.72. The minimum Gasteiger partial charge on any atom is -0.478 e. The lowest BCUT2D eigenvalue weighted by Gasteiger charge is -2.01. The molecular weight excluding hydrogens is 322 g/mol. The van der Waals surface area contributed by atoms with Crippen LogP contribution in [0.1, 0.15) is 17.3 Å². The van der Waals surface area contributed by atoms with Gasteiger partial charge in [-0.2, -0.15) is 4.98 Å². The topological polar surface area (TPSA) is 76.2 Å². The molecular formula is C13H9Cl2FN2O3. The molecule has 21 heavy (non-hydrogen) atoms. The van der Waals surface area contributed by atoms with Gasteiger partial charge in [-0.1, -0.05) is 34.9 Å². The lowest BCUT2D eigenvalue weighted by Crippen LogP contribution is -2.02. The Bertz CT molecular complexity index is 692. The quantitative estimate of drug-likeness (QED) is 0.672. The van der Waals surface area contributed by atoms with Crippen LogP contribution in [-0.2, 0) is 17.6 Å². The number of hydrogen-bond acceptors (Lipinski definition) is 4. The summed E-state index contributed by atoms with van der Waals surface area (Å²) in [4.78, 5) is 14.7. The lowest BCUT2D eigenvalue weighted by molar-refractivity contribution is -0.132. The molecule has 110 valence electrons. The van der Waals surface area contributed by atoms with Crippen molar-refractivity contribution in [1.82, 2.24) is 10.1 Å². The average Bonchev–Trinajstić information content (AvgIpc) is 2.83. The van der Waals surface area contributed by atoms with E-state index in [1.54, 1.807) is 0 Å². The van der Waals surface area contributed by atoms with E-state index in [1.165, 1.54) is 12.1 Å². The number of hydrogen-bond donors (Lipinski definition) is 1. The van der Waals surface area contributed by atoms with Crippen LogP contribution in [0.25, 0.3) is 0 Å². The van der Waals surface area contributed by atoms with E-state index in [1.807, 2.05) is 0 Å². The number of aliphatic carboxylic acids is 1. The first-order chi connectivity index (χ1) is 9.86. The van der Waals surface area contributed by atoms with E-state index in [2.05, 4.69) is 16.7 Å². The van der Waals surface area contributed by atoms with Crippen LogP contribution >= 0.6 is 23.2 Å². The molecule has 0 bridgehead atoms. The third-order valence-electron chi connectivity index (χ3n) is 2.58. The molecule has 0 spiro atoms. The van der Waals surface area contributed by atoms with E-state index in [9.17, 15) is 9.18 Å². The second-order valence-corrected chi connectivity index (χ2v) is 5.05. The Kier molecular flexibility index (Phi) is 4.59. The summed E-state index contributed by atoms with van der Waals surface area (Å²) in [6, 6.07) is 2.82. The summed E-state index contributed by atoms with van der Waals surface area (Å²) in [6.07, 6.45) is 0.177. The standard InChI is InChI=1S/C13H9Cl2FN2O3/c1-6(13(19)20)2-11-17-10(18-21-11)5-7-3-8(14)12(16)9(15)4-7/h3-4H,1-2,5H2,(H,19,20). The first-order valence-corrected chi connectivity index (χ1v) is 6.48. The third-order valence-corrected chi connectivity index (χ3v) is 3.13. The number of halogens is 3. The molecule has 0 aliphatic rings. The van der Waals surface area contributed by atoms with Crippen LogP contribution in [0, 0.1) is 5.82 Å². The second kappa shape index (κ2) is 6.24. The number of nitrogens with zero attached hydrogens (tertiary/aromatic N) is 2. The van der Waals surface area contributed by atoms with Gasteiger partial charge in [0.1, 0.15) is 0 Å². The molecule has 0 atom stereocenters. The van der Waals surface area contributed by atoms with Gasteiger partial charge in [-0.25, -0.2) is 9.18 Å². The zero-order chi connectivity index (χ0) is 15.6. The fraction of sp³-hybridized carbons (Fsp3) is 0.154. The van der Waals surface area contributed by atoms with Crippen LogP contribution < -0.4 is 0 Å². The minimum absolute atomic E-state index is 0.0483. The molecule has 2 rings (SSSR count). The van der Waals surface area contributed by atoms with Gasteiger partial charge in [-0.15, -0.1) is 0 Å². The van der Waals surface area contributed by atoms with Crippen molar-refractivity contribution in [3.05, 3.63) is 57.4 Å². The van der Waals surface area contributed by atoms with Gasteiger partial charge in [0.2, 0.25) is 5.89 Å². The number of rotatable bonds is 5. The number of carboxylic acids is 1. The molecule has 0 radical (unpaired) electrons. The lowest BCUT2D eigenvalue weighted by atomic mass is 10.1. The normalized spacial score (nSPS) is 10.6. The van der Waals surface area contributed by atoms with E-state index in [0.29, 0.717) is 11.4 Å². The van der Waals surface area contributed by atoms with E-state index in [0.717, 1.165) is 0 Å². The van der Waals surface area contributed by atoms with Crippen molar-refractivity contribution in [2.45, 2.75) is 12.8 Å². The zero-order valence-corrected chi connectivity index (χ0v) is 12.1. The Morgan fingerprint density at radius 1 is 1.38 bits per heavy atom. The maximum atomic E-state index is 13.3. The highest BCUT2D eigenvalue weighted by molar-refractivity contribution is 6.35. The predicted molar refractivity (Wildman–Crippen MR) is 74.0 cm³/mol. The molecule has 0 fully saturated rings. The molecule has 0 aliphatic carbocycles. The highest BCUT2D eigenvalue weighted by atomic mass is 35.5. The Balaban J connectivity index is 2.13. The number of benzene rings is 1. The predicted octanol–water partition coefficient (Wildman–Crippen LogP) is 3.29. The van der Waals surface area contributed by atoms with Crippen LogP contribution in [0.3, 0.4) is 0 Å². The molecule has 0 saturated heterocycles. The minimum atomic E-state index is -1.13. The van der Waals surface area contributed by atoms with Crippen molar-refractivity contribution >= 4 is 29.2 Å². The van der Waals surface area contributed by atoms with E-state index < -0.39 is 11.8 Å². The second-order valence-electron chi connectivity index (χ2n) is 4.24. The first kappa shape index (κ1) is 15.5. The summed E-state index contributed by atoms with van der Waals surface area (Å²) in [6.45, 7) is 3.37. The van der Waals surface area contributed by atoms with Crippen molar-refractivity contribution in [2.24, 2.45) is 0 Å². The highest BCUT2D eigenvalue weighted by Crippen LogP contribution is 2.25. The van der Waals surface area contributed by atoms with Crippen LogP contribution in [-0.4, -0.2) is 21.2 Å². The molecule has 5 nitrogen and oxygen atoms in total. The summed E-state index contributed by atoms with van der Waals surface area (Å²) in [7, 11) is 0. The third kappa shape index (κ3) is 3.80. The molecule has 1 aromatic carbocycles. The number of carbonyl (C=O) groups is 1. The van der Waals surface area contributed by atoms with Gasteiger partial charge in [-0.05, 0) is 17.7 Å². The highest BCUT2D eigenvalue weighted by Gasteiger charge is 2.14. The summed E-state index contributed by atoms with van der Waals surface area (Å²) in [5.74, 6) is -1.38. The van der Waals surface area contributed by atoms with Crippen molar-refractivity contribution < 1.29 is 18.8 Å². The van der Waals surface area contributed by atoms with Crippen LogP contribution in [0.15, 0.2) is 28.8 Å². The van der Waals surface area contributed by atoms with Gasteiger partial charge in [0.15, 0.2) is 11.6 Å². The van der Waals surface area contributed by atoms with Gasteiger partial charge in [0.05, 0.1) is 16.5 Å². The Labute approximate surface area is 129 Å². The molecule has 1 heterocycles. The Morgan fingerprint density at radius 2 is 2.00 bits per heavy atom. The maximum Gasteiger partial charge on any atom is 0.331 e. The smallest absolute Gasteiger partial charge is 0.331 e. The van der Waals surface area contributed by atoms with E-state index in [4.69, 9.17) is 32.8 Å². The molecule has 1 aromatic heterocycles. The zero-order valence-electron chi connectivity index (χ0n) is 10.6. The summed E-state index contributed by atoms with van der Waals surface area (Å²) in [5.41, 5.74) is 0.550. The van der Waals surface area contributed by atoms with Crippen LogP contribution in [0.4, 0.5) is 4.39 Å². The summed E-state index contributed by atoms with van der Waals surface area (Å²) < 4.78 is 18.2. The van der Waals surface area contributed by atoms with Gasteiger partial charge >= 0.3 is 5.97 Å². The number of carboxylic acid groups (broad SMARTS) is 1. The largest absolute Gasteiger partial charge is 0.478 e. The SMILES string of the molecule is C=C(Cc1nc(Cc2cc(Cl)c(F)c(Cl)c2)no1)C(=O)O. The molecule has 0 saturated carbocycles. The van der Waals surface area contributed by atoms with Crippen molar-refractivity contribution in [1.29, 1.82) is 0 Å². The molecule has 0 amide bonds. The van der Waals surface area contributed by atoms with Gasteiger partial charge in [-0.3, -0.25) is 0 Å². The molecule has 8 heteroatoms. The number of aromatic nitrogens is 2. The molecule has 0 unspecified atom stereocenters. The Morgan fingerprint density at radius 3 is 2.57 bits per heavy atom. The van der Waals surface area contributed by atoms with E-state index >= 15 is 0 Å². The molecule has 0 aliphatic heterocycles. The molecule has 1 N–H and O–H groups in total. The monoisotopic (exact) mass is 330 g/mol. The Hall–Kier alpha value is -1.92. The van der Waals surface area contributed by atoms with Gasteiger partial charge in [0.25, 0.3) is 0 Å². The summed E-state index contributed by atoms with van der Waals surface area (Å²) in [5, 5.41) is 12.2. The van der Waals surface area contributed by atoms with Gasteiger partial charge < -0.3 is 9.63 Å². The van der Waals surface area contributed by atoms with Crippen molar-refractivity contribution in [2.75, 3.05) is 0 Å². The molecule has 2 aromatic rings. The van der Waals surface area contributed by atoms with Crippen molar-refractivity contribution in [3.63, 3.8) is 0 Å². The van der Waals surface area contributed by atoms with Crippen LogP contribution in [0.5, 0.6) is 0 Å². The van der Waals surface area contributed by atoms with E-state index in [-0.39, 0.29) is 34.4 Å².